The van der Waals surface area contributed by atoms with E-state index in [1.165, 1.54) is 23.8 Å². The molecule has 40 heavy (non-hydrogen) atoms. The van der Waals surface area contributed by atoms with E-state index in [4.69, 9.17) is 13.9 Å². The first-order valence-electron chi connectivity index (χ1n) is 13.1. The molecule has 214 valence electrons. The van der Waals surface area contributed by atoms with Crippen LogP contribution in [-0.2, 0) is 17.7 Å². The Kier molecular flexibility index (Phi) is 9.89. The molecule has 1 heterocycles. The van der Waals surface area contributed by atoms with Gasteiger partial charge in [0.2, 0.25) is 0 Å². The summed E-state index contributed by atoms with van der Waals surface area (Å²) < 4.78 is 58.4. The maximum Gasteiger partial charge on any atom is 0.573 e. The van der Waals surface area contributed by atoms with Gasteiger partial charge in [0.05, 0.1) is 13.2 Å². The number of aromatic nitrogens is 1. The highest BCUT2D eigenvalue weighted by Gasteiger charge is 2.31. The van der Waals surface area contributed by atoms with Crippen LogP contribution in [-0.4, -0.2) is 51.8 Å². The summed E-state index contributed by atoms with van der Waals surface area (Å²) in [4.78, 5) is 6.70. The summed E-state index contributed by atoms with van der Waals surface area (Å²) in [5, 5.41) is 3.13. The Morgan fingerprint density at radius 3 is 2.50 bits per heavy atom. The Hall–Kier alpha value is -3.76. The fourth-order valence-corrected chi connectivity index (χ4v) is 4.16. The molecular weight excluding hydrogens is 523 g/mol. The lowest BCUT2D eigenvalue weighted by atomic mass is 9.97. The molecule has 0 spiro atoms. The van der Waals surface area contributed by atoms with Gasteiger partial charge in [-0.1, -0.05) is 31.2 Å². The number of rotatable bonds is 14. The zero-order chi connectivity index (χ0) is 28.5. The van der Waals surface area contributed by atoms with Crippen molar-refractivity contribution >= 4 is 16.8 Å². The maximum atomic E-state index is 12.4. The molecule has 3 aromatic carbocycles. The molecule has 0 fully saturated rings. The fraction of sp³-hybridized carbons (Fsp3) is 0.367. The van der Waals surface area contributed by atoms with E-state index in [0.29, 0.717) is 62.1 Å². The molecule has 0 aliphatic heterocycles. The number of hydrogen-bond acceptors (Lipinski definition) is 7. The Labute approximate surface area is 231 Å². The SMILES string of the molecule is CC(Cc1nc2ccc(OCCOCCNCc3cccc(OC(F)(F)F)c3)cc2o1)c1ccc(N(C)C)cc1. The highest BCUT2D eigenvalue weighted by Crippen LogP contribution is 2.27. The number of ether oxygens (including phenoxy) is 3. The number of oxazole rings is 1. The minimum absolute atomic E-state index is 0.236. The van der Waals surface area contributed by atoms with Gasteiger partial charge in [-0.2, -0.15) is 0 Å². The normalized spacial score (nSPS) is 12.4. The molecule has 4 aromatic rings. The van der Waals surface area contributed by atoms with Gasteiger partial charge in [0.15, 0.2) is 11.5 Å². The quantitative estimate of drug-likeness (QED) is 0.182. The highest BCUT2D eigenvalue weighted by molar-refractivity contribution is 5.74. The maximum absolute atomic E-state index is 12.4. The Bertz CT molecular complexity index is 1360. The molecule has 1 N–H and O–H groups in total. The van der Waals surface area contributed by atoms with Crippen LogP contribution in [0.15, 0.2) is 71.1 Å². The van der Waals surface area contributed by atoms with E-state index in [2.05, 4.69) is 51.1 Å². The van der Waals surface area contributed by atoms with Gasteiger partial charge >= 0.3 is 6.36 Å². The smallest absolute Gasteiger partial charge is 0.491 e. The monoisotopic (exact) mass is 557 g/mol. The van der Waals surface area contributed by atoms with Gasteiger partial charge in [-0.3, -0.25) is 0 Å². The van der Waals surface area contributed by atoms with Crippen molar-refractivity contribution in [3.63, 3.8) is 0 Å². The second-order valence-corrected chi connectivity index (χ2v) is 9.66. The van der Waals surface area contributed by atoms with Gasteiger partial charge < -0.3 is 28.8 Å². The van der Waals surface area contributed by atoms with Crippen LogP contribution in [0.3, 0.4) is 0 Å². The van der Waals surface area contributed by atoms with E-state index in [-0.39, 0.29) is 11.7 Å². The summed E-state index contributed by atoms with van der Waals surface area (Å²) in [5.74, 6) is 1.39. The number of hydrogen-bond donors (Lipinski definition) is 1. The number of alkyl halides is 3. The van der Waals surface area contributed by atoms with E-state index in [1.54, 1.807) is 6.07 Å². The van der Waals surface area contributed by atoms with Crippen molar-refractivity contribution in [2.45, 2.75) is 32.2 Å². The fourth-order valence-electron chi connectivity index (χ4n) is 4.16. The molecule has 10 heteroatoms. The molecule has 1 unspecified atom stereocenters. The summed E-state index contributed by atoms with van der Waals surface area (Å²) in [5.41, 5.74) is 4.55. The second-order valence-electron chi connectivity index (χ2n) is 9.66. The van der Waals surface area contributed by atoms with E-state index in [0.717, 1.165) is 11.2 Å². The predicted molar refractivity (Wildman–Crippen MR) is 148 cm³/mol. The summed E-state index contributed by atoms with van der Waals surface area (Å²) >= 11 is 0. The van der Waals surface area contributed by atoms with Crippen molar-refractivity contribution < 1.29 is 31.8 Å². The van der Waals surface area contributed by atoms with Crippen LogP contribution in [0.4, 0.5) is 18.9 Å². The summed E-state index contributed by atoms with van der Waals surface area (Å²) in [6.45, 7) is 4.28. The van der Waals surface area contributed by atoms with Gasteiger partial charge in [-0.25, -0.2) is 4.98 Å². The van der Waals surface area contributed by atoms with Crippen LogP contribution in [0.2, 0.25) is 0 Å². The van der Waals surface area contributed by atoms with Crippen LogP contribution in [0.5, 0.6) is 11.5 Å². The third-order valence-electron chi connectivity index (χ3n) is 6.24. The third kappa shape index (κ3) is 8.89. The molecular formula is C30H34F3N3O4. The molecule has 0 amide bonds. The number of benzene rings is 3. The number of fused-ring (bicyclic) bond motifs is 1. The highest BCUT2D eigenvalue weighted by atomic mass is 19.4. The van der Waals surface area contributed by atoms with E-state index in [9.17, 15) is 13.2 Å². The van der Waals surface area contributed by atoms with Crippen molar-refractivity contribution in [2.75, 3.05) is 45.4 Å². The third-order valence-corrected chi connectivity index (χ3v) is 6.24. The van der Waals surface area contributed by atoms with Crippen molar-refractivity contribution in [1.82, 2.24) is 10.3 Å². The summed E-state index contributed by atoms with van der Waals surface area (Å²) in [6.07, 6.45) is -4.01. The minimum Gasteiger partial charge on any atom is -0.491 e. The lowest BCUT2D eigenvalue weighted by Gasteiger charge is -2.15. The Balaban J connectivity index is 1.15. The van der Waals surface area contributed by atoms with Gasteiger partial charge in [-0.05, 0) is 53.4 Å². The predicted octanol–water partition coefficient (Wildman–Crippen LogP) is 6.32. The molecule has 0 saturated carbocycles. The molecule has 1 aromatic heterocycles. The number of nitrogens with zero attached hydrogens (tertiary/aromatic N) is 2. The largest absolute Gasteiger partial charge is 0.573 e. The minimum atomic E-state index is -4.70. The molecule has 7 nitrogen and oxygen atoms in total. The molecule has 1 atom stereocenters. The van der Waals surface area contributed by atoms with Crippen molar-refractivity contribution in [3.05, 3.63) is 83.7 Å². The Morgan fingerprint density at radius 1 is 0.950 bits per heavy atom. The van der Waals surface area contributed by atoms with Crippen LogP contribution in [0.1, 0.15) is 29.9 Å². The molecule has 0 aliphatic carbocycles. The first-order chi connectivity index (χ1) is 19.2. The average Bonchev–Trinajstić information content (AvgIpc) is 3.31. The first kappa shape index (κ1) is 29.2. The van der Waals surface area contributed by atoms with E-state index < -0.39 is 6.36 Å². The first-order valence-corrected chi connectivity index (χ1v) is 13.1. The summed E-state index contributed by atoms with van der Waals surface area (Å²) in [7, 11) is 4.05. The van der Waals surface area contributed by atoms with Crippen molar-refractivity contribution in [2.24, 2.45) is 0 Å². The number of nitrogens with one attached hydrogen (secondary N) is 1. The Morgan fingerprint density at radius 2 is 1.75 bits per heavy atom. The van der Waals surface area contributed by atoms with Crippen LogP contribution >= 0.6 is 0 Å². The molecule has 4 rings (SSSR count). The van der Waals surface area contributed by atoms with Gasteiger partial charge in [-0.15, -0.1) is 13.2 Å². The lowest BCUT2D eigenvalue weighted by molar-refractivity contribution is -0.274. The van der Waals surface area contributed by atoms with Crippen LogP contribution in [0, 0.1) is 0 Å². The standard InChI is InChI=1S/C30H34F3N3O4/c1-21(23-7-9-24(10-8-23)36(2)3)17-29-35-27-12-11-25(19-28(27)39-29)38-16-15-37-14-13-34-20-22-5-4-6-26(18-22)40-30(31,32)33/h4-12,18-19,21,34H,13-17,20H2,1-3H3. The summed E-state index contributed by atoms with van der Waals surface area (Å²) in [6, 6.07) is 20.0. The topological polar surface area (TPSA) is 69.0 Å². The average molecular weight is 558 g/mol. The lowest BCUT2D eigenvalue weighted by Crippen LogP contribution is -2.21. The van der Waals surface area contributed by atoms with E-state index in [1.807, 2.05) is 32.3 Å². The van der Waals surface area contributed by atoms with E-state index >= 15 is 0 Å². The molecule has 0 bridgehead atoms. The molecule has 0 saturated heterocycles. The van der Waals surface area contributed by atoms with Gasteiger partial charge in [0, 0.05) is 45.4 Å². The number of halogens is 3. The van der Waals surface area contributed by atoms with Crippen LogP contribution < -0.4 is 19.7 Å². The van der Waals surface area contributed by atoms with Crippen LogP contribution in [0.25, 0.3) is 11.1 Å². The molecule has 0 aliphatic rings. The van der Waals surface area contributed by atoms with Gasteiger partial charge in [0.25, 0.3) is 0 Å². The zero-order valence-electron chi connectivity index (χ0n) is 22.8. The van der Waals surface area contributed by atoms with Gasteiger partial charge in [0.1, 0.15) is 23.6 Å². The zero-order valence-corrected chi connectivity index (χ0v) is 22.8. The van der Waals surface area contributed by atoms with Crippen molar-refractivity contribution in [3.8, 4) is 11.5 Å². The molecule has 0 radical (unpaired) electrons. The van der Waals surface area contributed by atoms with Crippen molar-refractivity contribution in [1.29, 1.82) is 0 Å². The second kappa shape index (κ2) is 13.5. The number of anilines is 1.